The van der Waals surface area contributed by atoms with E-state index in [1.54, 1.807) is 35.9 Å². The van der Waals surface area contributed by atoms with E-state index >= 15 is 0 Å². The molecule has 0 radical (unpaired) electrons. The van der Waals surface area contributed by atoms with Gasteiger partial charge in [-0.05, 0) is 48.0 Å². The molecule has 2 aromatic heterocycles. The van der Waals surface area contributed by atoms with E-state index in [0.29, 0.717) is 34.6 Å². The minimum absolute atomic E-state index is 0.0474. The summed E-state index contributed by atoms with van der Waals surface area (Å²) in [4.78, 5) is 25.0. The van der Waals surface area contributed by atoms with Gasteiger partial charge >= 0.3 is 0 Å². The summed E-state index contributed by atoms with van der Waals surface area (Å²) in [5.41, 5.74) is 3.25. The molecule has 2 heterocycles. The van der Waals surface area contributed by atoms with Gasteiger partial charge in [0.25, 0.3) is 5.91 Å². The number of aromatic amines is 1. The van der Waals surface area contributed by atoms with Gasteiger partial charge in [-0.1, -0.05) is 13.0 Å². The fourth-order valence-corrected chi connectivity index (χ4v) is 3.45. The fraction of sp³-hybridized carbons (Fsp3) is 0.182. The molecule has 0 fully saturated rings. The van der Waals surface area contributed by atoms with Crippen molar-refractivity contribution < 1.29 is 9.59 Å². The Bertz CT molecular complexity index is 1350. The number of nitrogens with zero attached hydrogens (tertiary/aromatic N) is 5. The van der Waals surface area contributed by atoms with Crippen LogP contribution in [0.4, 0.5) is 11.4 Å². The molecule has 4 aromatic rings. The van der Waals surface area contributed by atoms with Crippen molar-refractivity contribution >= 4 is 34.1 Å². The highest BCUT2D eigenvalue weighted by molar-refractivity contribution is 6.08. The SMILES string of the molecule is CCCC(=O)Nc1ccc2cc(C(=O)Nc3ccc(C#N)cc3-c3nn[nH]n3)n(C)c2c1. The van der Waals surface area contributed by atoms with Gasteiger partial charge in [-0.2, -0.15) is 10.5 Å². The summed E-state index contributed by atoms with van der Waals surface area (Å²) < 4.78 is 1.76. The fourth-order valence-electron chi connectivity index (χ4n) is 3.45. The molecular formula is C22H20N8O2. The van der Waals surface area contributed by atoms with Crippen LogP contribution in [0, 0.1) is 11.3 Å². The molecule has 2 aromatic carbocycles. The van der Waals surface area contributed by atoms with E-state index in [0.717, 1.165) is 17.3 Å². The third-order valence-corrected chi connectivity index (χ3v) is 5.02. The Morgan fingerprint density at radius 2 is 2.00 bits per heavy atom. The normalized spacial score (nSPS) is 10.7. The zero-order valence-corrected chi connectivity index (χ0v) is 17.5. The number of anilines is 2. The van der Waals surface area contributed by atoms with Crippen molar-refractivity contribution in [2.75, 3.05) is 10.6 Å². The summed E-state index contributed by atoms with van der Waals surface area (Å²) in [6.07, 6.45) is 1.22. The Hall–Kier alpha value is -4.52. The van der Waals surface area contributed by atoms with Crippen molar-refractivity contribution in [3.8, 4) is 17.5 Å². The van der Waals surface area contributed by atoms with E-state index in [1.165, 1.54) is 0 Å². The van der Waals surface area contributed by atoms with Crippen LogP contribution in [0.5, 0.6) is 0 Å². The summed E-state index contributed by atoms with van der Waals surface area (Å²) in [7, 11) is 1.79. The average Bonchev–Trinajstić information content (AvgIpc) is 3.43. The van der Waals surface area contributed by atoms with Gasteiger partial charge in [0.2, 0.25) is 11.7 Å². The third kappa shape index (κ3) is 4.04. The summed E-state index contributed by atoms with van der Waals surface area (Å²) in [5.74, 6) is -0.120. The van der Waals surface area contributed by atoms with Gasteiger partial charge < -0.3 is 15.2 Å². The highest BCUT2D eigenvalue weighted by atomic mass is 16.2. The lowest BCUT2D eigenvalue weighted by Gasteiger charge is -2.10. The average molecular weight is 428 g/mol. The van der Waals surface area contributed by atoms with Crippen molar-refractivity contribution in [1.82, 2.24) is 25.2 Å². The van der Waals surface area contributed by atoms with E-state index in [1.807, 2.05) is 25.1 Å². The van der Waals surface area contributed by atoms with Crippen LogP contribution in [0.25, 0.3) is 22.3 Å². The number of aryl methyl sites for hydroxylation is 1. The van der Waals surface area contributed by atoms with Crippen molar-refractivity contribution in [2.45, 2.75) is 19.8 Å². The first kappa shape index (κ1) is 20.7. The number of nitriles is 1. The van der Waals surface area contributed by atoms with Crippen LogP contribution in [0.15, 0.2) is 42.5 Å². The summed E-state index contributed by atoms with van der Waals surface area (Å²) in [6.45, 7) is 1.95. The molecule has 0 atom stereocenters. The molecule has 3 N–H and O–H groups in total. The van der Waals surface area contributed by atoms with Crippen molar-refractivity contribution in [1.29, 1.82) is 5.26 Å². The van der Waals surface area contributed by atoms with Crippen molar-refractivity contribution in [3.63, 3.8) is 0 Å². The number of nitrogens with one attached hydrogen (secondary N) is 3. The molecule has 0 unspecified atom stereocenters. The smallest absolute Gasteiger partial charge is 0.272 e. The highest BCUT2D eigenvalue weighted by Gasteiger charge is 2.18. The Labute approximate surface area is 183 Å². The molecule has 160 valence electrons. The van der Waals surface area contributed by atoms with E-state index in [-0.39, 0.29) is 17.6 Å². The zero-order valence-electron chi connectivity index (χ0n) is 17.5. The van der Waals surface area contributed by atoms with Crippen LogP contribution in [0.1, 0.15) is 35.8 Å². The van der Waals surface area contributed by atoms with Gasteiger partial charge in [0, 0.05) is 30.1 Å². The van der Waals surface area contributed by atoms with Crippen LogP contribution in [0.2, 0.25) is 0 Å². The van der Waals surface area contributed by atoms with Crippen LogP contribution < -0.4 is 10.6 Å². The van der Waals surface area contributed by atoms with Crippen LogP contribution >= 0.6 is 0 Å². The van der Waals surface area contributed by atoms with Gasteiger partial charge in [0.15, 0.2) is 0 Å². The predicted octanol–water partition coefficient (Wildman–Crippen LogP) is 3.22. The lowest BCUT2D eigenvalue weighted by atomic mass is 10.1. The first-order valence-electron chi connectivity index (χ1n) is 9.98. The topological polar surface area (TPSA) is 141 Å². The Balaban J connectivity index is 1.64. The maximum Gasteiger partial charge on any atom is 0.272 e. The number of benzene rings is 2. The molecule has 0 saturated heterocycles. The van der Waals surface area contributed by atoms with Crippen molar-refractivity contribution in [2.24, 2.45) is 7.05 Å². The highest BCUT2D eigenvalue weighted by Crippen LogP contribution is 2.28. The summed E-state index contributed by atoms with van der Waals surface area (Å²) in [5, 5.41) is 29.6. The van der Waals surface area contributed by atoms with E-state index < -0.39 is 0 Å². The number of fused-ring (bicyclic) bond motifs is 1. The number of carbonyl (C=O) groups excluding carboxylic acids is 2. The van der Waals surface area contributed by atoms with E-state index in [2.05, 4.69) is 37.3 Å². The largest absolute Gasteiger partial charge is 0.340 e. The molecular weight excluding hydrogens is 408 g/mol. The van der Waals surface area contributed by atoms with Crippen molar-refractivity contribution in [3.05, 3.63) is 53.7 Å². The Morgan fingerprint density at radius 3 is 2.72 bits per heavy atom. The molecule has 0 spiro atoms. The second-order valence-corrected chi connectivity index (χ2v) is 7.22. The first-order chi connectivity index (χ1) is 15.5. The monoisotopic (exact) mass is 428 g/mol. The van der Waals surface area contributed by atoms with Gasteiger partial charge in [0.05, 0.1) is 22.8 Å². The molecule has 0 aliphatic heterocycles. The van der Waals surface area contributed by atoms with Crippen LogP contribution in [0.3, 0.4) is 0 Å². The molecule has 0 aliphatic carbocycles. The van der Waals surface area contributed by atoms with Gasteiger partial charge in [-0.3, -0.25) is 9.59 Å². The van der Waals surface area contributed by atoms with Gasteiger partial charge in [-0.25, -0.2) is 0 Å². The first-order valence-corrected chi connectivity index (χ1v) is 9.98. The maximum atomic E-state index is 13.1. The second kappa shape index (κ2) is 8.69. The number of carbonyl (C=O) groups is 2. The Kier molecular flexibility index (Phi) is 5.63. The number of hydrogen-bond donors (Lipinski definition) is 3. The lowest BCUT2D eigenvalue weighted by Crippen LogP contribution is -2.16. The number of rotatable bonds is 6. The summed E-state index contributed by atoms with van der Waals surface area (Å²) in [6, 6.07) is 14.2. The predicted molar refractivity (Wildman–Crippen MR) is 119 cm³/mol. The zero-order chi connectivity index (χ0) is 22.7. The quantitative estimate of drug-likeness (QED) is 0.430. The number of aromatic nitrogens is 5. The van der Waals surface area contributed by atoms with E-state index in [9.17, 15) is 14.9 Å². The molecule has 10 heteroatoms. The van der Waals surface area contributed by atoms with E-state index in [4.69, 9.17) is 0 Å². The molecule has 0 saturated carbocycles. The minimum atomic E-state index is -0.338. The number of hydrogen-bond acceptors (Lipinski definition) is 6. The number of H-pyrrole nitrogens is 1. The molecule has 0 aliphatic rings. The minimum Gasteiger partial charge on any atom is -0.340 e. The number of amides is 2. The van der Waals surface area contributed by atoms with Gasteiger partial charge in [0.1, 0.15) is 5.69 Å². The second-order valence-electron chi connectivity index (χ2n) is 7.22. The lowest BCUT2D eigenvalue weighted by molar-refractivity contribution is -0.116. The summed E-state index contributed by atoms with van der Waals surface area (Å²) >= 11 is 0. The number of tetrazole rings is 1. The molecule has 32 heavy (non-hydrogen) atoms. The van der Waals surface area contributed by atoms with Crippen LogP contribution in [-0.2, 0) is 11.8 Å². The maximum absolute atomic E-state index is 13.1. The molecule has 0 bridgehead atoms. The molecule has 4 rings (SSSR count). The Morgan fingerprint density at radius 1 is 1.16 bits per heavy atom. The van der Waals surface area contributed by atoms with Crippen LogP contribution in [-0.4, -0.2) is 37.0 Å². The molecule has 10 nitrogen and oxygen atoms in total. The van der Waals surface area contributed by atoms with Gasteiger partial charge in [-0.15, -0.1) is 10.2 Å². The standard InChI is InChI=1S/C22H20N8O2/c1-3-4-20(31)24-15-7-6-14-10-19(30(2)18(14)11-15)22(32)25-17-8-5-13(12-23)9-16(17)21-26-28-29-27-21/h5-11H,3-4H2,1-2H3,(H,24,31)(H,25,32)(H,26,27,28,29). The third-order valence-electron chi connectivity index (χ3n) is 5.02. The molecule has 2 amide bonds.